The molecule has 0 aliphatic carbocycles. The zero-order valence-electron chi connectivity index (χ0n) is 15.2. The van der Waals surface area contributed by atoms with Crippen LogP contribution >= 0.6 is 0 Å². The highest BCUT2D eigenvalue weighted by Gasteiger charge is 2.18. The Hall–Kier alpha value is -2.70. The monoisotopic (exact) mass is 343 g/mol. The van der Waals surface area contributed by atoms with E-state index >= 15 is 0 Å². The molecule has 25 heavy (non-hydrogen) atoms. The van der Waals surface area contributed by atoms with Gasteiger partial charge in [0.2, 0.25) is 0 Å². The molecule has 1 atom stereocenters. The summed E-state index contributed by atoms with van der Waals surface area (Å²) in [5.74, 6) is 0.374. The Morgan fingerprint density at radius 2 is 1.96 bits per heavy atom. The average Bonchev–Trinajstić information content (AvgIpc) is 2.87. The summed E-state index contributed by atoms with van der Waals surface area (Å²) in [5, 5.41) is 11.0. The van der Waals surface area contributed by atoms with Crippen LogP contribution in [-0.4, -0.2) is 32.2 Å². The molecule has 134 valence electrons. The molecule has 0 bridgehead atoms. The Morgan fingerprint density at radius 1 is 1.28 bits per heavy atom. The van der Waals surface area contributed by atoms with Crippen molar-refractivity contribution in [1.82, 2.24) is 19.8 Å². The minimum Gasteiger partial charge on any atom is -0.333 e. The molecule has 2 aromatic rings. The molecule has 1 aromatic carbocycles. The van der Waals surface area contributed by atoms with E-state index in [1.165, 1.54) is 5.56 Å². The summed E-state index contributed by atoms with van der Waals surface area (Å²) in [5.41, 5.74) is 1.37. The highest BCUT2D eigenvalue weighted by Crippen LogP contribution is 2.07. The lowest BCUT2D eigenvalue weighted by Gasteiger charge is -2.16. The summed E-state index contributed by atoms with van der Waals surface area (Å²) in [6.45, 7) is 7.21. The number of hydrogen-bond donors (Lipinski definition) is 1. The van der Waals surface area contributed by atoms with Crippen LogP contribution in [0.2, 0.25) is 0 Å². The van der Waals surface area contributed by atoms with Gasteiger partial charge in [-0.15, -0.1) is 9.78 Å². The van der Waals surface area contributed by atoms with Crippen molar-refractivity contribution in [3.63, 3.8) is 0 Å². The molecule has 1 heterocycles. The maximum absolute atomic E-state index is 12.4. The molecule has 1 aromatic heterocycles. The van der Waals surface area contributed by atoms with Crippen molar-refractivity contribution in [2.75, 3.05) is 0 Å². The van der Waals surface area contributed by atoms with Gasteiger partial charge < -0.3 is 5.32 Å². The molecule has 7 nitrogen and oxygen atoms in total. The third kappa shape index (κ3) is 4.89. The lowest BCUT2D eigenvalue weighted by Crippen LogP contribution is -2.42. The molecule has 2 rings (SSSR count). The number of carbonyl (C=O) groups is 1. The minimum atomic E-state index is -0.561. The second-order valence-electron chi connectivity index (χ2n) is 6.18. The molecular weight excluding hydrogens is 318 g/mol. The number of benzene rings is 1. The maximum atomic E-state index is 12.4. The quantitative estimate of drug-likeness (QED) is 0.819. The lowest BCUT2D eigenvalue weighted by molar-refractivity contribution is 0.233. The predicted molar refractivity (Wildman–Crippen MR) is 98.2 cm³/mol. The second-order valence-corrected chi connectivity index (χ2v) is 6.18. The van der Waals surface area contributed by atoms with E-state index in [9.17, 15) is 9.59 Å². The Balaban J connectivity index is 2.07. The summed E-state index contributed by atoms with van der Waals surface area (Å²) in [7, 11) is 0. The predicted octanol–water partition coefficient (Wildman–Crippen LogP) is 2.57. The molecular formula is C18H25N5O2. The normalized spacial score (nSPS) is 11.8. The van der Waals surface area contributed by atoms with Gasteiger partial charge in [0.15, 0.2) is 5.82 Å². The van der Waals surface area contributed by atoms with Gasteiger partial charge >= 0.3 is 11.7 Å². The van der Waals surface area contributed by atoms with Crippen molar-refractivity contribution in [3.8, 4) is 0 Å². The fourth-order valence-electron chi connectivity index (χ4n) is 2.51. The first-order chi connectivity index (χ1) is 11.9. The van der Waals surface area contributed by atoms with Gasteiger partial charge in [0, 0.05) is 11.8 Å². The third-order valence-electron chi connectivity index (χ3n) is 3.85. The Labute approximate surface area is 147 Å². The van der Waals surface area contributed by atoms with E-state index in [1.807, 2.05) is 25.1 Å². The first kappa shape index (κ1) is 18.6. The number of nitrogens with zero attached hydrogens (tertiary/aromatic N) is 4. The lowest BCUT2D eigenvalue weighted by atomic mass is 10.0. The zero-order valence-corrected chi connectivity index (χ0v) is 15.2. The summed E-state index contributed by atoms with van der Waals surface area (Å²) >= 11 is 0. The Morgan fingerprint density at radius 3 is 2.56 bits per heavy atom. The largest absolute Gasteiger partial charge is 0.375 e. The first-order valence-electron chi connectivity index (χ1n) is 8.48. The van der Waals surface area contributed by atoms with Crippen LogP contribution in [0.15, 0.2) is 40.2 Å². The number of amides is 1. The van der Waals surface area contributed by atoms with E-state index < -0.39 is 11.7 Å². The standard InChI is InChI=1S/C18H25N5O2/c1-5-16(12-11-15-9-7-6-8-10-15)19-17(24)23-18(25)22(14(4)21-23)20-13(2)3/h6-10,16H,5,11-12H2,1-4H3,(H,19,24). The van der Waals surface area contributed by atoms with Gasteiger partial charge in [-0.1, -0.05) is 37.3 Å². The van der Waals surface area contributed by atoms with Gasteiger partial charge in [-0.3, -0.25) is 0 Å². The van der Waals surface area contributed by atoms with Crippen molar-refractivity contribution >= 4 is 11.7 Å². The maximum Gasteiger partial charge on any atom is 0.375 e. The van der Waals surface area contributed by atoms with Gasteiger partial charge in [0.25, 0.3) is 0 Å². The SMILES string of the molecule is CCC(CCc1ccccc1)NC(=O)n1nc(C)n(N=C(C)C)c1=O. The zero-order chi connectivity index (χ0) is 18.4. The van der Waals surface area contributed by atoms with E-state index in [0.29, 0.717) is 11.5 Å². The first-order valence-corrected chi connectivity index (χ1v) is 8.48. The van der Waals surface area contributed by atoms with Crippen LogP contribution in [0.5, 0.6) is 0 Å². The number of hydrogen-bond acceptors (Lipinski definition) is 4. The minimum absolute atomic E-state index is 0.0264. The van der Waals surface area contributed by atoms with Crippen LogP contribution in [0.25, 0.3) is 0 Å². The van der Waals surface area contributed by atoms with Crippen molar-refractivity contribution in [1.29, 1.82) is 0 Å². The van der Waals surface area contributed by atoms with E-state index in [-0.39, 0.29) is 6.04 Å². The molecule has 0 radical (unpaired) electrons. The van der Waals surface area contributed by atoms with Gasteiger partial charge in [-0.05, 0) is 45.6 Å². The van der Waals surface area contributed by atoms with Crippen LogP contribution < -0.4 is 11.0 Å². The molecule has 1 N–H and O–H groups in total. The number of aryl methyl sites for hydroxylation is 2. The molecule has 0 saturated carbocycles. The Bertz CT molecular complexity index is 801. The summed E-state index contributed by atoms with van der Waals surface area (Å²) in [4.78, 5) is 24.7. The highest BCUT2D eigenvalue weighted by molar-refractivity contribution is 5.79. The topological polar surface area (TPSA) is 81.3 Å². The number of rotatable bonds is 6. The number of nitrogens with one attached hydrogen (secondary N) is 1. The summed E-state index contributed by atoms with van der Waals surface area (Å²) < 4.78 is 1.98. The fraction of sp³-hybridized carbons (Fsp3) is 0.444. The summed E-state index contributed by atoms with van der Waals surface area (Å²) in [6, 6.07) is 9.57. The molecule has 0 spiro atoms. The van der Waals surface area contributed by atoms with Crippen LogP contribution in [-0.2, 0) is 6.42 Å². The van der Waals surface area contributed by atoms with Gasteiger partial charge in [0.1, 0.15) is 0 Å². The molecule has 0 aliphatic rings. The van der Waals surface area contributed by atoms with Crippen LogP contribution in [0, 0.1) is 6.92 Å². The fourth-order valence-corrected chi connectivity index (χ4v) is 2.51. The van der Waals surface area contributed by atoms with Crippen molar-refractivity contribution < 1.29 is 4.79 Å². The van der Waals surface area contributed by atoms with Crippen LogP contribution in [0.1, 0.15) is 45.0 Å². The molecule has 7 heteroatoms. The average molecular weight is 343 g/mol. The van der Waals surface area contributed by atoms with E-state index in [1.54, 1.807) is 20.8 Å². The molecule has 0 aliphatic heterocycles. The molecule has 0 saturated heterocycles. The third-order valence-corrected chi connectivity index (χ3v) is 3.85. The number of carbonyl (C=O) groups excluding carboxylic acids is 1. The molecule has 0 fully saturated rings. The molecule has 1 unspecified atom stereocenters. The van der Waals surface area contributed by atoms with Crippen molar-refractivity contribution in [2.45, 2.75) is 53.0 Å². The highest BCUT2D eigenvalue weighted by atomic mass is 16.2. The van der Waals surface area contributed by atoms with Gasteiger partial charge in [0.05, 0.1) is 0 Å². The Kier molecular flexibility index (Phi) is 6.27. The van der Waals surface area contributed by atoms with Crippen molar-refractivity contribution in [3.05, 3.63) is 52.2 Å². The van der Waals surface area contributed by atoms with Gasteiger partial charge in [-0.25, -0.2) is 9.59 Å². The van der Waals surface area contributed by atoms with E-state index in [4.69, 9.17) is 0 Å². The van der Waals surface area contributed by atoms with Crippen molar-refractivity contribution in [2.24, 2.45) is 5.10 Å². The summed E-state index contributed by atoms with van der Waals surface area (Å²) in [6.07, 6.45) is 2.44. The number of aromatic nitrogens is 3. The van der Waals surface area contributed by atoms with Crippen LogP contribution in [0.4, 0.5) is 4.79 Å². The second kappa shape index (κ2) is 8.41. The smallest absolute Gasteiger partial charge is 0.333 e. The van der Waals surface area contributed by atoms with Gasteiger partial charge in [-0.2, -0.15) is 9.78 Å². The van der Waals surface area contributed by atoms with Crippen LogP contribution in [0.3, 0.4) is 0 Å². The van der Waals surface area contributed by atoms with E-state index in [0.717, 1.165) is 28.6 Å². The molecule has 1 amide bonds. The van der Waals surface area contributed by atoms with E-state index in [2.05, 4.69) is 27.6 Å².